The number of rotatable bonds is 21. The second-order valence-electron chi connectivity index (χ2n) is 17.6. The molecule has 1 saturated heterocycles. The van der Waals surface area contributed by atoms with Crippen LogP contribution >= 0.6 is 27.2 Å². The highest BCUT2D eigenvalue weighted by molar-refractivity contribution is 8.02. The average Bonchev–Trinajstić information content (AvgIpc) is 3.24. The van der Waals surface area contributed by atoms with Crippen molar-refractivity contribution in [2.75, 3.05) is 6.61 Å². The minimum Gasteiger partial charge on any atom is -0.419 e. The van der Waals surface area contributed by atoms with Crippen molar-refractivity contribution in [2.45, 2.75) is 159 Å². The highest BCUT2D eigenvalue weighted by Crippen LogP contribution is 2.60. The summed E-state index contributed by atoms with van der Waals surface area (Å²) in [4.78, 5) is 71.7. The molecule has 332 valence electrons. The summed E-state index contributed by atoms with van der Waals surface area (Å²) in [6, 6.07) is 1.44. The quantitative estimate of drug-likeness (QED) is 0.0212. The van der Waals surface area contributed by atoms with Crippen LogP contribution in [0.15, 0.2) is 23.1 Å². The molecule has 58 heavy (non-hydrogen) atoms. The number of hydrogen-bond donors (Lipinski definition) is 3. The van der Waals surface area contributed by atoms with Crippen LogP contribution in [0, 0.1) is 16.0 Å². The molecule has 1 aliphatic heterocycles. The molecule has 0 bridgehead atoms. The van der Waals surface area contributed by atoms with Gasteiger partial charge in [-0.15, -0.1) is 11.8 Å². The number of phosphoric acid groups is 1. The van der Waals surface area contributed by atoms with Gasteiger partial charge in [0, 0.05) is 23.3 Å². The Labute approximate surface area is 344 Å². The first kappa shape index (κ1) is 51.8. The van der Waals surface area contributed by atoms with E-state index in [0.717, 1.165) is 17.0 Å². The van der Waals surface area contributed by atoms with Crippen LogP contribution in [0.5, 0.6) is 5.75 Å². The number of nitrogens with zero attached hydrogens (tertiary/aromatic N) is 2. The Kier molecular flexibility index (Phi) is 16.4. The molecular weight excluding hydrogens is 846 g/mol. The summed E-state index contributed by atoms with van der Waals surface area (Å²) < 4.78 is 84.6. The molecule has 5 unspecified atom stereocenters. The Morgan fingerprint density at radius 1 is 0.983 bits per heavy atom. The fourth-order valence-electron chi connectivity index (χ4n) is 6.27. The molecule has 1 heterocycles. The highest BCUT2D eigenvalue weighted by Gasteiger charge is 2.49. The molecule has 1 aromatic rings. The lowest BCUT2D eigenvalue weighted by Crippen LogP contribution is -2.42. The van der Waals surface area contributed by atoms with E-state index >= 15 is 0 Å². The first-order valence-corrected chi connectivity index (χ1v) is 23.6. The molecule has 23 heteroatoms. The van der Waals surface area contributed by atoms with Crippen molar-refractivity contribution in [3.05, 3.63) is 28.3 Å². The van der Waals surface area contributed by atoms with Gasteiger partial charge in [-0.3, -0.25) is 47.6 Å². The zero-order chi connectivity index (χ0) is 45.3. The summed E-state index contributed by atoms with van der Waals surface area (Å²) in [7, 11) is -13.7. The molecular formula is C35H58N2O17P2S2. The van der Waals surface area contributed by atoms with E-state index in [2.05, 4.69) is 0 Å². The smallest absolute Gasteiger partial charge is 0.419 e. The van der Waals surface area contributed by atoms with Crippen LogP contribution < -0.4 is 4.74 Å². The Hall–Kier alpha value is -2.29. The van der Waals surface area contributed by atoms with E-state index in [4.69, 9.17) is 23.0 Å². The van der Waals surface area contributed by atoms with Crippen molar-refractivity contribution in [1.82, 2.24) is 4.90 Å². The van der Waals surface area contributed by atoms with Gasteiger partial charge in [-0.05, 0) is 101 Å². The fourth-order valence-corrected chi connectivity index (χ4v) is 11.1. The van der Waals surface area contributed by atoms with Crippen molar-refractivity contribution >= 4 is 60.8 Å². The number of amides is 2. The summed E-state index contributed by atoms with van der Waals surface area (Å²) in [5.41, 5.74) is -4.29. The van der Waals surface area contributed by atoms with Crippen molar-refractivity contribution in [1.29, 1.82) is 0 Å². The lowest BCUT2D eigenvalue weighted by molar-refractivity contribution is -0.385. The summed E-state index contributed by atoms with van der Waals surface area (Å²) in [6.45, 7) is 20.3. The molecule has 0 aromatic heterocycles. The number of thioether (sulfide) groups is 1. The maximum atomic E-state index is 13.6. The lowest BCUT2D eigenvalue weighted by Gasteiger charge is -2.40. The SMILES string of the molecule is CC(CC(C)N1C(=O)CC(SC(C)(C)CC(C)(C)OP(=O)(O)C(C)(C)OCCC(C)(C)OP(=O)(O)OC(C)(C)C)C1=O)C(=O)Oc1ccc(S(=O)(=O)O)cc1[N+](=O)[O-]. The van der Waals surface area contributed by atoms with Crippen LogP contribution in [0.1, 0.15) is 116 Å². The van der Waals surface area contributed by atoms with Crippen LogP contribution in [0.4, 0.5) is 5.69 Å². The van der Waals surface area contributed by atoms with Crippen LogP contribution in [0.2, 0.25) is 0 Å². The van der Waals surface area contributed by atoms with Gasteiger partial charge in [0.1, 0.15) is 4.90 Å². The molecule has 2 rings (SSSR count). The predicted octanol–water partition coefficient (Wildman–Crippen LogP) is 7.03. The molecule has 3 N–H and O–H groups in total. The van der Waals surface area contributed by atoms with Crippen molar-refractivity contribution in [2.24, 2.45) is 5.92 Å². The van der Waals surface area contributed by atoms with E-state index in [1.165, 1.54) is 32.5 Å². The molecule has 1 aromatic carbocycles. The highest BCUT2D eigenvalue weighted by atomic mass is 32.2. The standard InChI is InChI=1S/C35H58N2O17P2S2/c1-22(30(40)51-26-15-14-24(58(47,48)49)19-25(26)37(41)42)18-23(2)36-28(38)20-27(29(36)39)57-34(10,11)21-33(8,9)53-55(43,44)35(12,13)50-17-16-32(6,7)54-56(45,46)52-31(3,4)5/h14-15,19,22-23,27H,16-18,20-21H2,1-13H3,(H,43,44)(H,45,46)(H,47,48,49). The zero-order valence-electron chi connectivity index (χ0n) is 35.2. The monoisotopic (exact) mass is 904 g/mol. The van der Waals surface area contributed by atoms with Crippen LogP contribution in [-0.4, -0.2) is 95.2 Å². The molecule has 0 saturated carbocycles. The summed E-state index contributed by atoms with van der Waals surface area (Å²) in [6.07, 6.45) is -0.0387. The van der Waals surface area contributed by atoms with Gasteiger partial charge in [-0.25, -0.2) is 4.57 Å². The van der Waals surface area contributed by atoms with E-state index in [-0.39, 0.29) is 32.3 Å². The zero-order valence-corrected chi connectivity index (χ0v) is 38.6. The number of carbonyl (C=O) groups is 3. The number of imide groups is 1. The Bertz CT molecular complexity index is 1930. The van der Waals surface area contributed by atoms with Crippen molar-refractivity contribution < 1.29 is 74.2 Å². The lowest BCUT2D eigenvalue weighted by atomic mass is 9.96. The molecule has 0 radical (unpaired) electrons. The Morgan fingerprint density at radius 2 is 1.55 bits per heavy atom. The van der Waals surface area contributed by atoms with Crippen LogP contribution in [-0.2, 0) is 51.9 Å². The van der Waals surface area contributed by atoms with Gasteiger partial charge in [-0.1, -0.05) is 20.8 Å². The molecule has 5 atom stereocenters. The van der Waals surface area contributed by atoms with E-state index in [1.807, 2.05) is 0 Å². The maximum Gasteiger partial charge on any atom is 0.473 e. The number of benzene rings is 1. The van der Waals surface area contributed by atoms with Gasteiger partial charge >= 0.3 is 27.1 Å². The summed E-state index contributed by atoms with van der Waals surface area (Å²) in [5, 5.41) is 8.95. The topological polar surface area (TPSA) is 273 Å². The van der Waals surface area contributed by atoms with E-state index in [1.54, 1.807) is 69.2 Å². The summed E-state index contributed by atoms with van der Waals surface area (Å²) in [5.74, 6) is -3.50. The third-order valence-corrected chi connectivity index (χ3v) is 14.6. The largest absolute Gasteiger partial charge is 0.473 e. The number of nitro benzene ring substituents is 1. The number of phosphoric ester groups is 1. The predicted molar refractivity (Wildman–Crippen MR) is 214 cm³/mol. The van der Waals surface area contributed by atoms with Crippen LogP contribution in [0.3, 0.4) is 0 Å². The Balaban J connectivity index is 2.04. The number of likely N-dealkylation sites (tertiary alicyclic amines) is 1. The van der Waals surface area contributed by atoms with Gasteiger partial charge in [-0.2, -0.15) is 8.42 Å². The number of carbonyl (C=O) groups excluding carboxylic acids is 3. The first-order chi connectivity index (χ1) is 25.8. The number of nitro groups is 1. The minimum atomic E-state index is -4.77. The number of ether oxygens (including phenoxy) is 2. The number of hydrogen-bond acceptors (Lipinski definition) is 15. The normalized spacial score (nSPS) is 19.4. The third kappa shape index (κ3) is 15.3. The molecule has 0 spiro atoms. The van der Waals surface area contributed by atoms with Crippen LogP contribution in [0.25, 0.3) is 0 Å². The Morgan fingerprint density at radius 3 is 2.07 bits per heavy atom. The summed E-state index contributed by atoms with van der Waals surface area (Å²) >= 11 is 1.18. The third-order valence-electron chi connectivity index (χ3n) is 8.59. The van der Waals surface area contributed by atoms with Crippen molar-refractivity contribution in [3.63, 3.8) is 0 Å². The van der Waals surface area contributed by atoms with Gasteiger partial charge in [0.05, 0.1) is 39.5 Å². The van der Waals surface area contributed by atoms with Gasteiger partial charge in [0.15, 0.2) is 5.34 Å². The second kappa shape index (κ2) is 18.4. The number of esters is 1. The van der Waals surface area contributed by atoms with Crippen molar-refractivity contribution in [3.8, 4) is 5.75 Å². The fraction of sp³-hybridized carbons (Fsp3) is 0.743. The van der Waals surface area contributed by atoms with E-state index in [9.17, 15) is 56.4 Å². The molecule has 0 aliphatic carbocycles. The molecule has 19 nitrogen and oxygen atoms in total. The maximum absolute atomic E-state index is 13.6. The first-order valence-electron chi connectivity index (χ1n) is 18.2. The average molecular weight is 905 g/mol. The van der Waals surface area contributed by atoms with Gasteiger partial charge in [0.2, 0.25) is 17.6 Å². The molecule has 1 aliphatic rings. The molecule has 1 fully saturated rings. The molecule has 2 amide bonds. The van der Waals surface area contributed by atoms with E-state index < -0.39 is 109 Å². The second-order valence-corrected chi connectivity index (χ2v) is 24.5. The minimum absolute atomic E-state index is 0.0511. The van der Waals surface area contributed by atoms with Gasteiger partial charge < -0.3 is 23.8 Å². The van der Waals surface area contributed by atoms with Gasteiger partial charge in [0.25, 0.3) is 10.1 Å². The van der Waals surface area contributed by atoms with E-state index in [0.29, 0.717) is 6.07 Å².